The average molecular weight is 361 g/mol. The normalized spacial score (nSPS) is 22.8. The minimum atomic E-state index is 0.441. The van der Waals surface area contributed by atoms with Gasteiger partial charge in [0.05, 0.1) is 11.6 Å². The van der Waals surface area contributed by atoms with E-state index in [1.165, 1.54) is 5.57 Å². The molecule has 0 unspecified atom stereocenters. The summed E-state index contributed by atoms with van der Waals surface area (Å²) in [5, 5.41) is 9.26. The summed E-state index contributed by atoms with van der Waals surface area (Å²) in [6, 6.07) is 7.73. The Morgan fingerprint density at radius 3 is 2.93 bits per heavy atom. The lowest BCUT2D eigenvalue weighted by Crippen LogP contribution is -2.02. The summed E-state index contributed by atoms with van der Waals surface area (Å²) < 4.78 is 6.03. The second kappa shape index (κ2) is 10.3. The van der Waals surface area contributed by atoms with Crippen molar-refractivity contribution in [1.29, 1.82) is 5.26 Å². The SMILES string of the molecule is C/N=C\C=C(/C)Oc1cc(C#N)ccc1C1=C\C[C@@H](C)/C=C(CCN)/C=C\1. The first-order valence-electron chi connectivity index (χ1n) is 9.17. The fourth-order valence-electron chi connectivity index (χ4n) is 2.90. The smallest absolute Gasteiger partial charge is 0.136 e. The lowest BCUT2D eigenvalue weighted by atomic mass is 9.93. The molecule has 27 heavy (non-hydrogen) atoms. The van der Waals surface area contributed by atoms with Gasteiger partial charge in [-0.05, 0) is 62.1 Å². The van der Waals surface area contributed by atoms with Crippen LogP contribution in [0.15, 0.2) is 64.9 Å². The fraction of sp³-hybridized carbons (Fsp3) is 0.304. The Morgan fingerprint density at radius 2 is 2.22 bits per heavy atom. The molecule has 0 saturated heterocycles. The fourth-order valence-corrected chi connectivity index (χ4v) is 2.90. The summed E-state index contributed by atoms with van der Waals surface area (Å²) >= 11 is 0. The Labute approximate surface area is 162 Å². The Hall–Kier alpha value is -2.90. The molecule has 0 amide bonds. The maximum atomic E-state index is 9.26. The monoisotopic (exact) mass is 361 g/mol. The molecule has 0 aliphatic heterocycles. The van der Waals surface area contributed by atoms with Gasteiger partial charge in [0.1, 0.15) is 11.5 Å². The van der Waals surface area contributed by atoms with E-state index in [2.05, 4.69) is 42.3 Å². The number of hydrogen-bond donors (Lipinski definition) is 1. The van der Waals surface area contributed by atoms with Crippen LogP contribution >= 0.6 is 0 Å². The highest BCUT2D eigenvalue weighted by atomic mass is 16.5. The average Bonchev–Trinajstić information content (AvgIpc) is 2.65. The van der Waals surface area contributed by atoms with Crippen molar-refractivity contribution in [2.75, 3.05) is 13.6 Å². The molecule has 0 radical (unpaired) electrons. The highest BCUT2D eigenvalue weighted by Gasteiger charge is 2.12. The Balaban J connectivity index is 2.44. The van der Waals surface area contributed by atoms with E-state index >= 15 is 0 Å². The van der Waals surface area contributed by atoms with Gasteiger partial charge < -0.3 is 10.5 Å². The molecule has 1 aliphatic carbocycles. The van der Waals surface area contributed by atoms with Crippen molar-refractivity contribution < 1.29 is 4.74 Å². The molecule has 0 fully saturated rings. The quantitative estimate of drug-likeness (QED) is 0.584. The van der Waals surface area contributed by atoms with Crippen LogP contribution in [0.1, 0.15) is 37.8 Å². The van der Waals surface area contributed by atoms with Gasteiger partial charge in [0.25, 0.3) is 0 Å². The number of nitrogens with two attached hydrogens (primary N) is 1. The van der Waals surface area contributed by atoms with Crippen molar-refractivity contribution in [3.63, 3.8) is 0 Å². The summed E-state index contributed by atoms with van der Waals surface area (Å²) in [6.07, 6.45) is 14.0. The van der Waals surface area contributed by atoms with E-state index < -0.39 is 0 Å². The zero-order valence-electron chi connectivity index (χ0n) is 16.3. The molecule has 140 valence electrons. The van der Waals surface area contributed by atoms with E-state index in [0.29, 0.717) is 29.5 Å². The predicted molar refractivity (Wildman–Crippen MR) is 113 cm³/mol. The minimum absolute atomic E-state index is 0.441. The van der Waals surface area contributed by atoms with E-state index in [9.17, 15) is 5.26 Å². The molecule has 0 saturated carbocycles. The number of benzene rings is 1. The van der Waals surface area contributed by atoms with Crippen LogP contribution in [0.25, 0.3) is 5.57 Å². The molecule has 0 bridgehead atoms. The molecule has 4 nitrogen and oxygen atoms in total. The van der Waals surface area contributed by atoms with Crippen LogP contribution in [0.5, 0.6) is 5.75 Å². The molecule has 0 spiro atoms. The zero-order valence-corrected chi connectivity index (χ0v) is 16.3. The summed E-state index contributed by atoms with van der Waals surface area (Å²) in [7, 11) is 1.71. The Bertz CT molecular complexity index is 851. The van der Waals surface area contributed by atoms with Crippen LogP contribution < -0.4 is 10.5 Å². The Kier molecular flexibility index (Phi) is 7.79. The lowest BCUT2D eigenvalue weighted by Gasteiger charge is -2.16. The van der Waals surface area contributed by atoms with Gasteiger partial charge in [-0.2, -0.15) is 5.26 Å². The third kappa shape index (κ3) is 6.09. The Morgan fingerprint density at radius 1 is 1.41 bits per heavy atom. The number of nitrogens with zero attached hydrogens (tertiary/aromatic N) is 2. The lowest BCUT2D eigenvalue weighted by molar-refractivity contribution is 0.427. The first-order valence-corrected chi connectivity index (χ1v) is 9.17. The second-order valence-electron chi connectivity index (χ2n) is 6.60. The van der Waals surface area contributed by atoms with Crippen molar-refractivity contribution in [1.82, 2.24) is 0 Å². The molecule has 2 N–H and O–H groups in total. The number of ether oxygens (including phenoxy) is 1. The number of rotatable bonds is 6. The highest BCUT2D eigenvalue weighted by Crippen LogP contribution is 2.32. The van der Waals surface area contributed by atoms with Crippen LogP contribution in [0.3, 0.4) is 0 Å². The second-order valence-corrected chi connectivity index (χ2v) is 6.60. The van der Waals surface area contributed by atoms with Crippen molar-refractivity contribution in [2.45, 2.75) is 26.7 Å². The molecule has 4 heteroatoms. The van der Waals surface area contributed by atoms with Gasteiger partial charge in [-0.1, -0.05) is 36.8 Å². The number of aliphatic imine (C=N–C) groups is 1. The summed E-state index contributed by atoms with van der Waals surface area (Å²) in [6.45, 7) is 4.71. The molecule has 1 aliphatic rings. The zero-order chi connectivity index (χ0) is 19.6. The van der Waals surface area contributed by atoms with Crippen molar-refractivity contribution in [3.8, 4) is 11.8 Å². The standard InChI is InChI=1S/C23H27N3O/c1-17-4-7-21(8-5-19(14-17)10-12-24)22-9-6-20(16-25)15-23(22)27-18(2)11-13-26-3/h5-9,11,13-15,17H,4,10,12,24H2,1-3H3/b8-5-,18-11+,19-14-,21-7-,26-13-/t17-/m1/s1. The van der Waals surface area contributed by atoms with Gasteiger partial charge in [0.2, 0.25) is 0 Å². The molecule has 1 aromatic rings. The van der Waals surface area contributed by atoms with Gasteiger partial charge in [-0.3, -0.25) is 4.99 Å². The molecule has 0 heterocycles. The molecule has 1 atom stereocenters. The van der Waals surface area contributed by atoms with E-state index in [4.69, 9.17) is 10.5 Å². The third-order valence-electron chi connectivity index (χ3n) is 4.27. The first kappa shape index (κ1) is 20.4. The van der Waals surface area contributed by atoms with E-state index in [1.54, 1.807) is 25.4 Å². The van der Waals surface area contributed by atoms with Crippen molar-refractivity contribution in [2.24, 2.45) is 16.6 Å². The van der Waals surface area contributed by atoms with E-state index in [0.717, 1.165) is 24.0 Å². The van der Waals surface area contributed by atoms with Crippen LogP contribution in [-0.2, 0) is 0 Å². The minimum Gasteiger partial charge on any atom is -0.461 e. The molecular weight excluding hydrogens is 334 g/mol. The van der Waals surface area contributed by atoms with Gasteiger partial charge in [-0.15, -0.1) is 0 Å². The molecule has 0 aromatic heterocycles. The maximum Gasteiger partial charge on any atom is 0.136 e. The van der Waals surface area contributed by atoms with Crippen LogP contribution in [-0.4, -0.2) is 19.8 Å². The van der Waals surface area contributed by atoms with E-state index in [1.807, 2.05) is 19.1 Å². The summed E-state index contributed by atoms with van der Waals surface area (Å²) in [4.78, 5) is 3.95. The highest BCUT2D eigenvalue weighted by molar-refractivity contribution is 5.79. The van der Waals surface area contributed by atoms with Gasteiger partial charge in [0.15, 0.2) is 0 Å². The van der Waals surface area contributed by atoms with Gasteiger partial charge >= 0.3 is 0 Å². The predicted octanol–water partition coefficient (Wildman–Crippen LogP) is 4.80. The van der Waals surface area contributed by atoms with Crippen LogP contribution in [0.2, 0.25) is 0 Å². The van der Waals surface area contributed by atoms with Crippen molar-refractivity contribution in [3.05, 3.63) is 71.0 Å². The summed E-state index contributed by atoms with van der Waals surface area (Å²) in [5.74, 6) is 1.82. The molecular formula is C23H27N3O. The number of allylic oxidation sites excluding steroid dienone is 7. The third-order valence-corrected chi connectivity index (χ3v) is 4.27. The number of nitriles is 1. The topological polar surface area (TPSA) is 71.4 Å². The van der Waals surface area contributed by atoms with Crippen LogP contribution in [0, 0.1) is 17.2 Å². The number of hydrogen-bond acceptors (Lipinski definition) is 4. The largest absolute Gasteiger partial charge is 0.461 e. The van der Waals surface area contributed by atoms with Gasteiger partial charge in [-0.25, -0.2) is 0 Å². The summed E-state index contributed by atoms with van der Waals surface area (Å²) in [5.41, 5.74) is 9.60. The van der Waals surface area contributed by atoms with Gasteiger partial charge in [0, 0.05) is 18.8 Å². The first-order chi connectivity index (χ1) is 13.1. The molecule has 2 rings (SSSR count). The van der Waals surface area contributed by atoms with Crippen LogP contribution in [0.4, 0.5) is 0 Å². The maximum absolute atomic E-state index is 9.26. The van der Waals surface area contributed by atoms with Crippen molar-refractivity contribution >= 4 is 11.8 Å². The van der Waals surface area contributed by atoms with E-state index in [-0.39, 0.29) is 0 Å². The molecule has 1 aromatic carbocycles.